The van der Waals surface area contributed by atoms with Gasteiger partial charge in [0.1, 0.15) is 23.0 Å². The van der Waals surface area contributed by atoms with Crippen LogP contribution < -0.4 is 18.9 Å². The molecule has 21 heteroatoms. The molecule has 0 unspecified atom stereocenters. The maximum Gasteiger partial charge on any atom is 0.513 e. The van der Waals surface area contributed by atoms with Crippen LogP contribution in [0.5, 0.6) is 23.0 Å². The Balaban J connectivity index is 0.00000169. The lowest BCUT2D eigenvalue weighted by Crippen LogP contribution is -2.13. The summed E-state index contributed by atoms with van der Waals surface area (Å²) in [7, 11) is 0. The van der Waals surface area contributed by atoms with Gasteiger partial charge < -0.3 is 62.3 Å². The van der Waals surface area contributed by atoms with Crippen molar-refractivity contribution in [1.29, 1.82) is 0 Å². The van der Waals surface area contributed by atoms with Crippen molar-refractivity contribution in [3.8, 4) is 23.0 Å². The zero-order valence-corrected chi connectivity index (χ0v) is 49.4. The van der Waals surface area contributed by atoms with Crippen LogP contribution in [0.3, 0.4) is 0 Å². The van der Waals surface area contributed by atoms with E-state index >= 15 is 0 Å². The second kappa shape index (κ2) is 49.8. The van der Waals surface area contributed by atoms with Gasteiger partial charge in [-0.25, -0.2) is 38.4 Å². The van der Waals surface area contributed by atoms with Crippen molar-refractivity contribution in [2.24, 2.45) is 0 Å². The normalized spacial score (nSPS) is 10.3. The highest BCUT2D eigenvalue weighted by Gasteiger charge is 2.16. The van der Waals surface area contributed by atoms with Crippen LogP contribution >= 0.6 is 0 Å². The summed E-state index contributed by atoms with van der Waals surface area (Å²) in [5.41, 5.74) is 0.877. The van der Waals surface area contributed by atoms with Gasteiger partial charge in [0.05, 0.1) is 69.7 Å². The molecule has 21 nitrogen and oxygen atoms in total. The van der Waals surface area contributed by atoms with Crippen LogP contribution in [-0.2, 0) is 57.1 Å². The van der Waals surface area contributed by atoms with Crippen molar-refractivity contribution >= 4 is 48.1 Å². The van der Waals surface area contributed by atoms with Crippen molar-refractivity contribution in [3.05, 3.63) is 158 Å². The number of hydrogen-bond acceptors (Lipinski definition) is 20. The Labute approximate surface area is 498 Å². The van der Waals surface area contributed by atoms with Gasteiger partial charge >= 0.3 is 48.1 Å². The van der Waals surface area contributed by atoms with Gasteiger partial charge in [-0.3, -0.25) is 0 Å². The molecule has 0 saturated heterocycles. The highest BCUT2D eigenvalue weighted by molar-refractivity contribution is 5.92. The molecule has 0 aromatic heterocycles. The van der Waals surface area contributed by atoms with Crippen LogP contribution in [0.1, 0.15) is 131 Å². The van der Waals surface area contributed by atoms with Crippen molar-refractivity contribution in [2.75, 3.05) is 59.5 Å². The number of benzene rings is 3. The first-order chi connectivity index (χ1) is 40.6. The Bertz CT molecular complexity index is 2550. The van der Waals surface area contributed by atoms with Crippen LogP contribution in [-0.4, -0.2) is 113 Å². The van der Waals surface area contributed by atoms with Crippen LogP contribution in [0.25, 0.3) is 0 Å². The van der Waals surface area contributed by atoms with Crippen molar-refractivity contribution < 1.29 is 101 Å². The second-order valence-electron chi connectivity index (χ2n) is 17.6. The van der Waals surface area contributed by atoms with Crippen LogP contribution in [0.4, 0.5) is 9.59 Å². The molecule has 0 aliphatic rings. The van der Waals surface area contributed by atoms with Gasteiger partial charge in [0.15, 0.2) is 0 Å². The summed E-state index contributed by atoms with van der Waals surface area (Å²) in [6.07, 6.45) is 19.9. The lowest BCUT2D eigenvalue weighted by atomic mass is 10.2. The fourth-order valence-corrected chi connectivity index (χ4v) is 6.38. The Morgan fingerprint density at radius 2 is 0.788 bits per heavy atom. The van der Waals surface area contributed by atoms with E-state index in [0.29, 0.717) is 51.1 Å². The summed E-state index contributed by atoms with van der Waals surface area (Å²) in [5.74, 6) is -1.34. The number of esters is 6. The molecule has 0 aliphatic heterocycles. The Morgan fingerprint density at radius 3 is 1.16 bits per heavy atom. The first-order valence-electron chi connectivity index (χ1n) is 27.7. The number of ether oxygens (including phenoxy) is 12. The molecule has 0 spiro atoms. The fraction of sp³-hybridized carbons (Fsp3) is 0.406. The number of rotatable bonds is 38. The highest BCUT2D eigenvalue weighted by atomic mass is 16.7. The smallest absolute Gasteiger partial charge is 0.499 e. The number of aryl methyl sites for hydroxylation is 1. The third-order valence-electron chi connectivity index (χ3n) is 10.8. The van der Waals surface area contributed by atoms with E-state index in [0.717, 1.165) is 88.9 Å². The monoisotopic (exact) mass is 1190 g/mol. The SMILES string of the molecule is C=CC(=O)OCCCCCCO/C(C)=C/CC.C=CC(=O)OCCCCCCOC/C=C\C.C=CC(=O)OCCCCOC(=O)Oc1ccc(C(=O)Oc2ccc(OC(=O)c3ccc(OC(=O)OCCCCOC(=O)C=C)cc3)c(C)c2)cc1.O. The standard InChI is InChI=1S/C37H36O14.C14H24O3.C13H22O3.H2O/c1-4-32(38)44-20-6-8-22-46-36(42)49-28-14-10-26(11-15-28)34(40)48-30-18-19-31(25(3)24-30)51-35(41)27-12-16-29(17-13-27)50-37(43)47-23-9-7-21-45-33(39)5-2;1-4-10-13(3)16-11-8-6-7-9-12-17-14(15)5-2;1-3-5-10-15-11-8-6-7-9-12-16-13(14)4-2;/h4-5,10-19,24H,1-2,6-9,20-23H2,3H3;5,10H,2,4,6-9,11-12H2,1,3H3;3-5H,2,6-12H2,1H3;1H2/b;13-10+;5-3-;. The zero-order chi connectivity index (χ0) is 62.0. The van der Waals surface area contributed by atoms with Crippen molar-refractivity contribution in [2.45, 2.75) is 111 Å². The number of hydrogen-bond donors (Lipinski definition) is 0. The Hall–Kier alpha value is -8.82. The molecule has 0 saturated carbocycles. The highest BCUT2D eigenvalue weighted by Crippen LogP contribution is 2.26. The summed E-state index contributed by atoms with van der Waals surface area (Å²) in [5, 5.41) is 0. The van der Waals surface area contributed by atoms with Crippen molar-refractivity contribution in [1.82, 2.24) is 0 Å². The van der Waals surface area contributed by atoms with Gasteiger partial charge in [-0.15, -0.1) is 0 Å². The summed E-state index contributed by atoms with van der Waals surface area (Å²) >= 11 is 0. The molecule has 0 bridgehead atoms. The van der Waals surface area contributed by atoms with Gasteiger partial charge in [-0.2, -0.15) is 0 Å². The molecule has 0 aliphatic carbocycles. The third kappa shape index (κ3) is 40.1. The molecule has 3 aromatic carbocycles. The average Bonchev–Trinajstić information content (AvgIpc) is 3.63. The molecule has 3 aromatic rings. The zero-order valence-electron chi connectivity index (χ0n) is 49.4. The topological polar surface area (TPSA) is 279 Å². The predicted molar refractivity (Wildman–Crippen MR) is 317 cm³/mol. The van der Waals surface area contributed by atoms with Crippen molar-refractivity contribution in [3.63, 3.8) is 0 Å². The summed E-state index contributed by atoms with van der Waals surface area (Å²) in [6, 6.07) is 15.7. The van der Waals surface area contributed by atoms with E-state index in [1.807, 2.05) is 26.0 Å². The number of unbranched alkanes of at least 4 members (excludes halogenated alkanes) is 8. The Kier molecular flexibility index (Phi) is 44.6. The number of allylic oxidation sites excluding steroid dienone is 3. The van der Waals surface area contributed by atoms with E-state index in [4.69, 9.17) is 56.8 Å². The molecule has 466 valence electrons. The number of carbonyl (C=O) groups is 8. The summed E-state index contributed by atoms with van der Waals surface area (Å²) in [4.78, 5) is 92.5. The van der Waals surface area contributed by atoms with E-state index in [9.17, 15) is 38.4 Å². The fourth-order valence-electron chi connectivity index (χ4n) is 6.38. The van der Waals surface area contributed by atoms with E-state index in [1.165, 1.54) is 78.9 Å². The minimum atomic E-state index is -0.927. The van der Waals surface area contributed by atoms with Gasteiger partial charge in [0.25, 0.3) is 0 Å². The van der Waals surface area contributed by atoms with E-state index < -0.39 is 36.2 Å². The maximum atomic E-state index is 12.7. The lowest BCUT2D eigenvalue weighted by molar-refractivity contribution is -0.138. The first-order valence-corrected chi connectivity index (χ1v) is 27.7. The Morgan fingerprint density at radius 1 is 0.435 bits per heavy atom. The molecule has 0 amide bonds. The average molecular weight is 1190 g/mol. The van der Waals surface area contributed by atoms with Crippen LogP contribution in [0, 0.1) is 6.92 Å². The molecule has 0 heterocycles. The van der Waals surface area contributed by atoms with E-state index in [-0.39, 0.29) is 78.0 Å². The second-order valence-corrected chi connectivity index (χ2v) is 17.6. The molecule has 85 heavy (non-hydrogen) atoms. The molecule has 0 fully saturated rings. The van der Waals surface area contributed by atoms with E-state index in [1.54, 1.807) is 6.92 Å². The molecular formula is C64H84O21. The summed E-state index contributed by atoms with van der Waals surface area (Å²) < 4.78 is 61.3. The van der Waals surface area contributed by atoms with Crippen LogP contribution in [0.15, 0.2) is 141 Å². The van der Waals surface area contributed by atoms with Crippen LogP contribution in [0.2, 0.25) is 0 Å². The minimum Gasteiger partial charge on any atom is -0.499 e. The lowest BCUT2D eigenvalue weighted by Gasteiger charge is -2.11. The molecule has 3 rings (SSSR count). The third-order valence-corrected chi connectivity index (χ3v) is 10.8. The predicted octanol–water partition coefficient (Wildman–Crippen LogP) is 12.1. The molecule has 0 atom stereocenters. The first kappa shape index (κ1) is 76.2. The van der Waals surface area contributed by atoms with Gasteiger partial charge in [-0.1, -0.05) is 51.8 Å². The molecule has 0 radical (unpaired) electrons. The molecular weight excluding hydrogens is 1100 g/mol. The largest absolute Gasteiger partial charge is 0.513 e. The van der Waals surface area contributed by atoms with Gasteiger partial charge in [0, 0.05) is 30.9 Å². The number of carbonyl (C=O) groups excluding carboxylic acids is 8. The molecule has 2 N–H and O–H groups in total. The van der Waals surface area contributed by atoms with E-state index in [2.05, 4.69) is 39.3 Å². The quantitative estimate of drug-likeness (QED) is 0.00753. The van der Waals surface area contributed by atoms with Gasteiger partial charge in [0.2, 0.25) is 0 Å². The van der Waals surface area contributed by atoms with Gasteiger partial charge in [-0.05, 0) is 176 Å². The maximum absolute atomic E-state index is 12.7. The summed E-state index contributed by atoms with van der Waals surface area (Å²) in [6.45, 7) is 24.7. The minimum absolute atomic E-state index is 0.